The van der Waals surface area contributed by atoms with Crippen molar-refractivity contribution in [1.29, 1.82) is 0 Å². The molecule has 0 aliphatic carbocycles. The van der Waals surface area contributed by atoms with Crippen LogP contribution in [0.1, 0.15) is 48.0 Å². The molecule has 20 heavy (non-hydrogen) atoms. The molecule has 0 heterocycles. The third-order valence-electron chi connectivity index (χ3n) is 3.07. The zero-order valence-electron chi connectivity index (χ0n) is 13.5. The van der Waals surface area contributed by atoms with E-state index in [9.17, 15) is 13.0 Å². The second-order valence-electron chi connectivity index (χ2n) is 6.11. The molecular weight excluding hydrogens is 272 g/mol. The third kappa shape index (κ3) is 6.06. The minimum Gasteiger partial charge on any atom is -0.282 e. The molecule has 4 heteroatoms. The minimum absolute atomic E-state index is 0.0133. The van der Waals surface area contributed by atoms with Gasteiger partial charge >= 0.3 is 0 Å². The lowest BCUT2D eigenvalue weighted by molar-refractivity contribution is 0.483. The summed E-state index contributed by atoms with van der Waals surface area (Å²) in [5.74, 6) is 0.419. The van der Waals surface area contributed by atoms with Crippen LogP contribution in [0.25, 0.3) is 0 Å². The monoisotopic (exact) mass is 300 g/mol. The molecule has 3 nitrogen and oxygen atoms in total. The number of hydrogen-bond acceptors (Lipinski definition) is 2. The molecule has 0 radical (unpaired) electrons. The van der Waals surface area contributed by atoms with Crippen LogP contribution in [-0.4, -0.2) is 13.0 Å². The van der Waals surface area contributed by atoms with Gasteiger partial charge in [0.15, 0.2) is 0 Å². The number of allylic oxidation sites excluding steroid dienone is 5. The predicted octanol–water partition coefficient (Wildman–Crippen LogP) is 4.60. The zero-order chi connectivity index (χ0) is 16.1. The summed E-state index contributed by atoms with van der Waals surface area (Å²) in [5.41, 5.74) is 1.64. The molecule has 0 saturated heterocycles. The molecule has 0 unspecified atom stereocenters. The van der Waals surface area contributed by atoms with Crippen molar-refractivity contribution in [3.63, 3.8) is 0 Å². The van der Waals surface area contributed by atoms with Crippen LogP contribution in [0.15, 0.2) is 34.8 Å². The Labute approximate surface area is 124 Å². The molecule has 0 bridgehead atoms. The molecule has 0 spiro atoms. The van der Waals surface area contributed by atoms with E-state index in [4.69, 9.17) is 0 Å². The van der Waals surface area contributed by atoms with Gasteiger partial charge in [-0.3, -0.25) is 4.55 Å². The Morgan fingerprint density at radius 1 is 1.10 bits per heavy atom. The summed E-state index contributed by atoms with van der Waals surface area (Å²) in [6, 6.07) is 0. The molecule has 0 amide bonds. The fraction of sp³-hybridized carbons (Fsp3) is 0.625. The first-order chi connectivity index (χ1) is 9.00. The Morgan fingerprint density at radius 2 is 1.60 bits per heavy atom. The van der Waals surface area contributed by atoms with Crippen LogP contribution in [-0.2, 0) is 10.1 Å². The van der Waals surface area contributed by atoms with Crippen LogP contribution in [0.4, 0.5) is 0 Å². The standard InChI is InChI=1S/C16H28O3S/c1-8-14(12(4)5)10-15(13(6)7)16(9-11(2)3)20(17,18)19/h8,10-13H,1,9H2,2-7H3,(H,17,18,19)/b14-10+,16-15-. The summed E-state index contributed by atoms with van der Waals surface area (Å²) >= 11 is 0. The summed E-state index contributed by atoms with van der Waals surface area (Å²) in [6.07, 6.45) is 3.93. The van der Waals surface area contributed by atoms with Gasteiger partial charge < -0.3 is 0 Å². The molecule has 0 fully saturated rings. The van der Waals surface area contributed by atoms with Crippen molar-refractivity contribution in [2.24, 2.45) is 17.8 Å². The van der Waals surface area contributed by atoms with Crippen molar-refractivity contribution in [3.8, 4) is 0 Å². The lowest BCUT2D eigenvalue weighted by Gasteiger charge is -2.17. The molecule has 0 aliphatic rings. The average Bonchev–Trinajstić information content (AvgIpc) is 2.25. The molecule has 0 atom stereocenters. The van der Waals surface area contributed by atoms with Gasteiger partial charge in [0.05, 0.1) is 4.91 Å². The predicted molar refractivity (Wildman–Crippen MR) is 86.0 cm³/mol. The smallest absolute Gasteiger partial charge is 0.282 e. The van der Waals surface area contributed by atoms with Crippen molar-refractivity contribution < 1.29 is 13.0 Å². The van der Waals surface area contributed by atoms with E-state index in [1.165, 1.54) is 0 Å². The Hall–Kier alpha value is -0.870. The zero-order valence-corrected chi connectivity index (χ0v) is 14.3. The van der Waals surface area contributed by atoms with Crippen LogP contribution >= 0.6 is 0 Å². The molecule has 0 saturated carbocycles. The molecule has 116 valence electrons. The normalized spacial score (nSPS) is 15.0. The van der Waals surface area contributed by atoms with Crippen LogP contribution in [0.3, 0.4) is 0 Å². The summed E-state index contributed by atoms with van der Waals surface area (Å²) < 4.78 is 32.9. The van der Waals surface area contributed by atoms with E-state index in [1.807, 2.05) is 47.6 Å². The largest absolute Gasteiger partial charge is 0.290 e. The van der Waals surface area contributed by atoms with Gasteiger partial charge in [-0.2, -0.15) is 8.42 Å². The number of rotatable bonds is 7. The second-order valence-corrected chi connectivity index (χ2v) is 7.55. The van der Waals surface area contributed by atoms with E-state index in [2.05, 4.69) is 6.58 Å². The number of hydrogen-bond donors (Lipinski definition) is 1. The molecule has 0 aromatic heterocycles. The van der Waals surface area contributed by atoms with Crippen LogP contribution in [0.2, 0.25) is 0 Å². The van der Waals surface area contributed by atoms with Gasteiger partial charge in [-0.05, 0) is 35.3 Å². The Kier molecular flexibility index (Phi) is 7.45. The molecule has 0 aromatic carbocycles. The van der Waals surface area contributed by atoms with Crippen molar-refractivity contribution in [1.82, 2.24) is 0 Å². The van der Waals surface area contributed by atoms with Gasteiger partial charge in [-0.15, -0.1) is 0 Å². The Balaban J connectivity index is 6.17. The minimum atomic E-state index is -4.18. The Morgan fingerprint density at radius 3 is 1.85 bits per heavy atom. The maximum atomic E-state index is 11.7. The maximum Gasteiger partial charge on any atom is 0.290 e. The quantitative estimate of drug-likeness (QED) is 0.552. The van der Waals surface area contributed by atoms with Gasteiger partial charge in [-0.1, -0.05) is 60.3 Å². The first kappa shape index (κ1) is 19.1. The van der Waals surface area contributed by atoms with Crippen LogP contribution in [0.5, 0.6) is 0 Å². The second kappa shape index (κ2) is 7.79. The Bertz CT molecular complexity index is 492. The molecular formula is C16H28O3S. The van der Waals surface area contributed by atoms with Crippen molar-refractivity contribution in [2.75, 3.05) is 0 Å². The van der Waals surface area contributed by atoms with Crippen molar-refractivity contribution >= 4 is 10.1 Å². The van der Waals surface area contributed by atoms with E-state index in [0.29, 0.717) is 12.0 Å². The fourth-order valence-electron chi connectivity index (χ4n) is 1.95. The topological polar surface area (TPSA) is 54.4 Å². The van der Waals surface area contributed by atoms with Gasteiger partial charge in [-0.25, -0.2) is 0 Å². The molecule has 1 N–H and O–H groups in total. The van der Waals surface area contributed by atoms with E-state index in [-0.39, 0.29) is 22.7 Å². The van der Waals surface area contributed by atoms with Gasteiger partial charge in [0.25, 0.3) is 10.1 Å². The first-order valence-electron chi connectivity index (χ1n) is 7.05. The molecule has 0 rings (SSSR count). The maximum absolute atomic E-state index is 11.7. The third-order valence-corrected chi connectivity index (χ3v) is 4.10. The van der Waals surface area contributed by atoms with Gasteiger partial charge in [0.1, 0.15) is 0 Å². The highest BCUT2D eigenvalue weighted by molar-refractivity contribution is 7.89. The first-order valence-corrected chi connectivity index (χ1v) is 8.49. The SMILES string of the molecule is C=C/C(=C\C(=C(/CC(C)C)S(=O)(=O)O)C(C)C)C(C)C. The summed E-state index contributed by atoms with van der Waals surface area (Å²) in [5, 5.41) is 0. The highest BCUT2D eigenvalue weighted by atomic mass is 32.2. The molecule has 0 aliphatic heterocycles. The lowest BCUT2D eigenvalue weighted by atomic mass is 9.93. The summed E-state index contributed by atoms with van der Waals surface area (Å²) in [6.45, 7) is 15.6. The van der Waals surface area contributed by atoms with Crippen molar-refractivity contribution in [2.45, 2.75) is 48.0 Å². The van der Waals surface area contributed by atoms with Crippen LogP contribution in [0, 0.1) is 17.8 Å². The van der Waals surface area contributed by atoms with Crippen LogP contribution < -0.4 is 0 Å². The van der Waals surface area contributed by atoms with Gasteiger partial charge in [0, 0.05) is 0 Å². The van der Waals surface area contributed by atoms with Crippen molar-refractivity contribution in [3.05, 3.63) is 34.8 Å². The highest BCUT2D eigenvalue weighted by Gasteiger charge is 2.21. The van der Waals surface area contributed by atoms with Gasteiger partial charge in [0.2, 0.25) is 0 Å². The van der Waals surface area contributed by atoms with E-state index in [1.54, 1.807) is 6.08 Å². The van der Waals surface area contributed by atoms with E-state index in [0.717, 1.165) is 5.57 Å². The highest BCUT2D eigenvalue weighted by Crippen LogP contribution is 2.28. The average molecular weight is 300 g/mol. The fourth-order valence-corrected chi connectivity index (χ4v) is 3.09. The van der Waals surface area contributed by atoms with E-state index < -0.39 is 10.1 Å². The molecule has 0 aromatic rings. The summed E-state index contributed by atoms with van der Waals surface area (Å²) in [4.78, 5) is 0.127. The van der Waals surface area contributed by atoms with E-state index >= 15 is 0 Å². The lowest BCUT2D eigenvalue weighted by Crippen LogP contribution is -2.11. The summed E-state index contributed by atoms with van der Waals surface area (Å²) in [7, 11) is -4.18.